The van der Waals surface area contributed by atoms with Crippen molar-refractivity contribution in [3.63, 3.8) is 0 Å². The first kappa shape index (κ1) is 20.8. The summed E-state index contributed by atoms with van der Waals surface area (Å²) in [5.74, 6) is 0.754. The molecule has 26 heavy (non-hydrogen) atoms. The molecular weight excluding hydrogens is 330 g/mol. The van der Waals surface area contributed by atoms with Gasteiger partial charge in [-0.15, -0.1) is 13.2 Å². The van der Waals surface area contributed by atoms with Gasteiger partial charge in [0.1, 0.15) is 0 Å². The Bertz CT molecular complexity index is 542. The van der Waals surface area contributed by atoms with E-state index in [0.717, 1.165) is 56.9 Å². The van der Waals surface area contributed by atoms with Crippen LogP contribution in [-0.2, 0) is 17.8 Å². The summed E-state index contributed by atoms with van der Waals surface area (Å²) in [5, 5.41) is 0. The molecule has 1 aromatic carbocycles. The van der Waals surface area contributed by atoms with Crippen molar-refractivity contribution in [2.75, 3.05) is 0 Å². The third-order valence-corrected chi connectivity index (χ3v) is 5.38. The van der Waals surface area contributed by atoms with Gasteiger partial charge in [0, 0.05) is 6.42 Å². The van der Waals surface area contributed by atoms with Crippen LogP contribution in [-0.4, -0.2) is 6.11 Å². The summed E-state index contributed by atoms with van der Waals surface area (Å²) in [6.07, 6.45) is 8.54. The van der Waals surface area contributed by atoms with E-state index in [0.29, 0.717) is 5.92 Å². The van der Waals surface area contributed by atoms with Gasteiger partial charge in [-0.25, -0.2) is 0 Å². The van der Waals surface area contributed by atoms with Crippen LogP contribution >= 0.6 is 0 Å². The van der Waals surface area contributed by atoms with Crippen LogP contribution in [0.25, 0.3) is 0 Å². The van der Waals surface area contributed by atoms with Crippen molar-refractivity contribution in [2.45, 2.75) is 70.5 Å². The fraction of sp³-hybridized carbons (Fsp3) is 0.565. The Morgan fingerprint density at radius 3 is 2.12 bits per heavy atom. The Morgan fingerprint density at radius 1 is 0.923 bits per heavy atom. The number of hydrogen-bond donors (Lipinski definition) is 0. The highest BCUT2D eigenvalue weighted by Gasteiger charge is 2.35. The molecule has 0 N–H and O–H groups in total. The van der Waals surface area contributed by atoms with Gasteiger partial charge < -0.3 is 4.74 Å². The van der Waals surface area contributed by atoms with E-state index in [1.165, 1.54) is 5.56 Å². The number of rotatable bonds is 11. The summed E-state index contributed by atoms with van der Waals surface area (Å²) >= 11 is 0. The molecule has 0 atom stereocenters. The zero-order valence-corrected chi connectivity index (χ0v) is 15.8. The largest absolute Gasteiger partial charge is 0.356 e. The Balaban J connectivity index is 1.73. The molecule has 0 unspecified atom stereocenters. The lowest BCUT2D eigenvalue weighted by Crippen LogP contribution is -2.27. The van der Waals surface area contributed by atoms with Crippen molar-refractivity contribution >= 4 is 0 Å². The number of allylic oxidation sites excluding steroid dienone is 2. The lowest BCUT2D eigenvalue weighted by Gasteiger charge is -2.30. The van der Waals surface area contributed by atoms with Crippen molar-refractivity contribution in [1.29, 1.82) is 0 Å². The molecule has 1 fully saturated rings. The van der Waals surface area contributed by atoms with E-state index in [1.807, 2.05) is 36.4 Å². The molecule has 144 valence electrons. The number of benzene rings is 1. The predicted molar refractivity (Wildman–Crippen MR) is 104 cm³/mol. The molecule has 0 radical (unpaired) electrons. The summed E-state index contributed by atoms with van der Waals surface area (Å²) in [4.78, 5) is 0. The minimum Gasteiger partial charge on any atom is -0.316 e. The molecular formula is C23H32F2O. The Labute approximate surface area is 157 Å². The van der Waals surface area contributed by atoms with Gasteiger partial charge in [0.15, 0.2) is 0 Å². The third kappa shape index (κ3) is 7.41. The maximum absolute atomic E-state index is 14.2. The van der Waals surface area contributed by atoms with E-state index >= 15 is 0 Å². The highest BCUT2D eigenvalue weighted by molar-refractivity contribution is 5.22. The summed E-state index contributed by atoms with van der Waals surface area (Å²) in [6, 6.07) is 7.70. The van der Waals surface area contributed by atoms with E-state index in [-0.39, 0.29) is 18.9 Å². The third-order valence-electron chi connectivity index (χ3n) is 5.38. The molecule has 0 saturated heterocycles. The Kier molecular flexibility index (Phi) is 8.50. The van der Waals surface area contributed by atoms with Crippen LogP contribution in [0.5, 0.6) is 0 Å². The summed E-state index contributed by atoms with van der Waals surface area (Å²) in [7, 11) is 0. The monoisotopic (exact) mass is 362 g/mol. The standard InChI is InChI=1S/C23H32F2O/c1-3-5-7-19-9-13-21(14-10-19)17-23(24,25)26-18-22-15-11-20(12-16-22)8-6-4-2/h3-4,11-12,15-16,19,21H,1-2,5-10,13-14,17-18H2/t19-,21-. The molecule has 0 amide bonds. The van der Waals surface area contributed by atoms with Crippen molar-refractivity contribution in [3.8, 4) is 0 Å². The van der Waals surface area contributed by atoms with Crippen molar-refractivity contribution < 1.29 is 13.5 Å². The fourth-order valence-corrected chi connectivity index (χ4v) is 3.73. The Hall–Kier alpha value is -1.48. The molecule has 1 aromatic rings. The normalized spacial score (nSPS) is 20.7. The molecule has 0 heterocycles. The second-order valence-corrected chi connectivity index (χ2v) is 7.53. The quantitative estimate of drug-likeness (QED) is 0.382. The van der Waals surface area contributed by atoms with E-state index in [1.54, 1.807) is 0 Å². The second kappa shape index (κ2) is 10.6. The maximum Gasteiger partial charge on any atom is 0.356 e. The number of ether oxygens (including phenoxy) is 1. The van der Waals surface area contributed by atoms with Crippen LogP contribution in [0.1, 0.15) is 62.5 Å². The number of halogens is 2. The highest BCUT2D eigenvalue weighted by Crippen LogP contribution is 2.38. The SMILES string of the molecule is C=CCCc1ccc(COC(F)(F)C[C@H]2CC[C@H](CCC=C)CC2)cc1. The predicted octanol–water partition coefficient (Wildman–Crippen LogP) is 7.08. The summed E-state index contributed by atoms with van der Waals surface area (Å²) < 4.78 is 33.4. The van der Waals surface area contributed by atoms with Gasteiger partial charge in [-0.05, 0) is 61.5 Å². The van der Waals surface area contributed by atoms with E-state index in [4.69, 9.17) is 4.74 Å². The molecule has 0 aliphatic heterocycles. The van der Waals surface area contributed by atoms with Crippen LogP contribution in [0.4, 0.5) is 8.78 Å². The van der Waals surface area contributed by atoms with Gasteiger partial charge in [-0.2, -0.15) is 8.78 Å². The number of alkyl halides is 2. The number of hydrogen-bond acceptors (Lipinski definition) is 1. The molecule has 1 saturated carbocycles. The zero-order valence-electron chi connectivity index (χ0n) is 15.8. The minimum absolute atomic E-state index is 0.0383. The van der Waals surface area contributed by atoms with Gasteiger partial charge in [-0.3, -0.25) is 0 Å². The molecule has 0 aromatic heterocycles. The molecule has 1 nitrogen and oxygen atoms in total. The van der Waals surface area contributed by atoms with Crippen molar-refractivity contribution in [3.05, 3.63) is 60.7 Å². The smallest absolute Gasteiger partial charge is 0.316 e. The van der Waals surface area contributed by atoms with Gasteiger partial charge in [0.2, 0.25) is 0 Å². The first-order chi connectivity index (χ1) is 12.5. The molecule has 0 spiro atoms. The summed E-state index contributed by atoms with van der Waals surface area (Å²) in [6.45, 7) is 7.42. The van der Waals surface area contributed by atoms with Crippen molar-refractivity contribution in [2.24, 2.45) is 11.8 Å². The van der Waals surface area contributed by atoms with Gasteiger partial charge >= 0.3 is 6.11 Å². The maximum atomic E-state index is 14.2. The van der Waals surface area contributed by atoms with Crippen LogP contribution in [0, 0.1) is 11.8 Å². The van der Waals surface area contributed by atoms with E-state index < -0.39 is 6.11 Å². The second-order valence-electron chi connectivity index (χ2n) is 7.53. The summed E-state index contributed by atoms with van der Waals surface area (Å²) in [5.41, 5.74) is 1.98. The molecule has 1 aliphatic carbocycles. The lowest BCUT2D eigenvalue weighted by molar-refractivity contribution is -0.256. The van der Waals surface area contributed by atoms with Crippen LogP contribution < -0.4 is 0 Å². The molecule has 3 heteroatoms. The molecule has 2 rings (SSSR count). The number of aryl methyl sites for hydroxylation is 1. The van der Waals surface area contributed by atoms with Crippen LogP contribution in [0.2, 0.25) is 0 Å². The highest BCUT2D eigenvalue weighted by atomic mass is 19.3. The van der Waals surface area contributed by atoms with Crippen LogP contribution in [0.3, 0.4) is 0 Å². The minimum atomic E-state index is -3.04. The topological polar surface area (TPSA) is 9.23 Å². The van der Waals surface area contributed by atoms with Gasteiger partial charge in [0.25, 0.3) is 0 Å². The van der Waals surface area contributed by atoms with Gasteiger partial charge in [-0.1, -0.05) is 49.3 Å². The zero-order chi connectivity index (χ0) is 18.8. The first-order valence-corrected chi connectivity index (χ1v) is 9.84. The average Bonchev–Trinajstić information content (AvgIpc) is 2.65. The first-order valence-electron chi connectivity index (χ1n) is 9.84. The van der Waals surface area contributed by atoms with E-state index in [9.17, 15) is 8.78 Å². The van der Waals surface area contributed by atoms with E-state index in [2.05, 4.69) is 13.2 Å². The van der Waals surface area contributed by atoms with Crippen molar-refractivity contribution in [1.82, 2.24) is 0 Å². The molecule has 1 aliphatic rings. The Morgan fingerprint density at radius 2 is 1.50 bits per heavy atom. The molecule has 0 bridgehead atoms. The average molecular weight is 363 g/mol. The van der Waals surface area contributed by atoms with Crippen LogP contribution in [0.15, 0.2) is 49.6 Å². The van der Waals surface area contributed by atoms with Gasteiger partial charge in [0.05, 0.1) is 6.61 Å². The lowest BCUT2D eigenvalue weighted by atomic mass is 9.78. The fourth-order valence-electron chi connectivity index (χ4n) is 3.73.